The Morgan fingerprint density at radius 3 is 2.59 bits per heavy atom. The number of hydrogen-bond acceptors (Lipinski definition) is 3. The van der Waals surface area contributed by atoms with E-state index in [1.54, 1.807) is 0 Å². The number of rotatable bonds is 3. The molecule has 0 bridgehead atoms. The number of carbonyl (C=O) groups excluding carboxylic acids is 1. The first-order valence-corrected chi connectivity index (χ1v) is 8.09. The summed E-state index contributed by atoms with van der Waals surface area (Å²) in [6.45, 7) is 5.54. The molecule has 5 heteroatoms. The van der Waals surface area contributed by atoms with Gasteiger partial charge in [0.15, 0.2) is 0 Å². The van der Waals surface area contributed by atoms with Crippen molar-refractivity contribution in [1.82, 2.24) is 20.1 Å². The van der Waals surface area contributed by atoms with Gasteiger partial charge in [0.2, 0.25) is 0 Å². The van der Waals surface area contributed by atoms with Crippen molar-refractivity contribution in [3.8, 4) is 0 Å². The van der Waals surface area contributed by atoms with Crippen molar-refractivity contribution in [2.75, 3.05) is 26.2 Å². The summed E-state index contributed by atoms with van der Waals surface area (Å²) in [4.78, 5) is 21.0. The molecule has 1 saturated heterocycles. The maximum absolute atomic E-state index is 12.3. The molecule has 1 aliphatic heterocycles. The smallest absolute Gasteiger partial charge is 0.317 e. The molecule has 0 radical (unpaired) electrons. The molecule has 0 saturated carbocycles. The summed E-state index contributed by atoms with van der Waals surface area (Å²) in [5.41, 5.74) is 1.09. The van der Waals surface area contributed by atoms with Crippen molar-refractivity contribution < 1.29 is 4.79 Å². The summed E-state index contributed by atoms with van der Waals surface area (Å²) in [5, 5.41) is 3.12. The molecule has 3 rings (SSSR count). The van der Waals surface area contributed by atoms with Gasteiger partial charge in [-0.2, -0.15) is 0 Å². The summed E-state index contributed by atoms with van der Waals surface area (Å²) in [6, 6.07) is 6.70. The third kappa shape index (κ3) is 3.47. The monoisotopic (exact) mass is 300 g/mol. The summed E-state index contributed by atoms with van der Waals surface area (Å²) >= 11 is 0. The van der Waals surface area contributed by atoms with Gasteiger partial charge in [-0.1, -0.05) is 18.2 Å². The Kier molecular flexibility index (Phi) is 4.73. The number of piperazine rings is 1. The first-order valence-electron chi connectivity index (χ1n) is 8.09. The average molecular weight is 300 g/mol. The van der Waals surface area contributed by atoms with Crippen LogP contribution in [0, 0.1) is 0 Å². The molecule has 1 aromatic rings. The van der Waals surface area contributed by atoms with E-state index >= 15 is 0 Å². The third-order valence-electron chi connectivity index (χ3n) is 4.60. The molecule has 1 aromatic heterocycles. The number of urea groups is 1. The van der Waals surface area contributed by atoms with Crippen LogP contribution in [0.15, 0.2) is 36.5 Å². The molecule has 1 N–H and O–H groups in total. The van der Waals surface area contributed by atoms with Crippen LogP contribution in [-0.4, -0.2) is 53.0 Å². The first kappa shape index (κ1) is 15.0. The third-order valence-corrected chi connectivity index (χ3v) is 4.60. The number of aromatic nitrogens is 1. The van der Waals surface area contributed by atoms with Gasteiger partial charge in [0.05, 0.1) is 5.69 Å². The number of pyridine rings is 1. The molecular formula is C17H24N4O. The Labute approximate surface area is 132 Å². The van der Waals surface area contributed by atoms with Gasteiger partial charge in [-0.25, -0.2) is 4.79 Å². The SMILES string of the molecule is C[C@H](c1ccccn1)N1CCN(C(=O)NC2CC=CC2)CC1. The van der Waals surface area contributed by atoms with E-state index in [-0.39, 0.29) is 12.1 Å². The normalized spacial score (nSPS) is 21.0. The largest absolute Gasteiger partial charge is 0.335 e. The summed E-state index contributed by atoms with van der Waals surface area (Å²) < 4.78 is 0. The number of nitrogens with one attached hydrogen (secondary N) is 1. The first-order chi connectivity index (χ1) is 10.7. The molecule has 1 fully saturated rings. The van der Waals surface area contributed by atoms with Crippen LogP contribution in [0.25, 0.3) is 0 Å². The number of amides is 2. The molecule has 2 heterocycles. The van der Waals surface area contributed by atoms with Gasteiger partial charge in [0.1, 0.15) is 0 Å². The highest BCUT2D eigenvalue weighted by Gasteiger charge is 2.26. The van der Waals surface area contributed by atoms with Gasteiger partial charge in [-0.15, -0.1) is 0 Å². The van der Waals surface area contributed by atoms with E-state index in [9.17, 15) is 4.79 Å². The predicted molar refractivity (Wildman–Crippen MR) is 86.5 cm³/mol. The molecule has 0 unspecified atom stereocenters. The van der Waals surface area contributed by atoms with E-state index in [4.69, 9.17) is 0 Å². The van der Waals surface area contributed by atoms with Gasteiger partial charge in [0.25, 0.3) is 0 Å². The quantitative estimate of drug-likeness (QED) is 0.871. The fourth-order valence-electron chi connectivity index (χ4n) is 3.12. The zero-order chi connectivity index (χ0) is 15.4. The van der Waals surface area contributed by atoms with E-state index in [1.807, 2.05) is 23.2 Å². The van der Waals surface area contributed by atoms with Crippen LogP contribution in [0.4, 0.5) is 4.79 Å². The fraction of sp³-hybridized carbons (Fsp3) is 0.529. The van der Waals surface area contributed by atoms with Crippen LogP contribution in [-0.2, 0) is 0 Å². The molecule has 118 valence electrons. The van der Waals surface area contributed by atoms with E-state index < -0.39 is 0 Å². The Morgan fingerprint density at radius 2 is 1.95 bits per heavy atom. The lowest BCUT2D eigenvalue weighted by Gasteiger charge is -2.38. The molecule has 1 atom stereocenters. The average Bonchev–Trinajstić information content (AvgIpc) is 3.08. The highest BCUT2D eigenvalue weighted by Crippen LogP contribution is 2.19. The zero-order valence-corrected chi connectivity index (χ0v) is 13.1. The minimum Gasteiger partial charge on any atom is -0.335 e. The van der Waals surface area contributed by atoms with Crippen LogP contribution >= 0.6 is 0 Å². The summed E-state index contributed by atoms with van der Waals surface area (Å²) in [7, 11) is 0. The van der Waals surface area contributed by atoms with Crippen LogP contribution in [0.5, 0.6) is 0 Å². The molecule has 5 nitrogen and oxygen atoms in total. The predicted octanol–water partition coefficient (Wildman–Crippen LogP) is 2.19. The second kappa shape index (κ2) is 6.92. The highest BCUT2D eigenvalue weighted by atomic mass is 16.2. The van der Waals surface area contributed by atoms with Gasteiger partial charge < -0.3 is 10.2 Å². The number of carbonyl (C=O) groups is 1. The Morgan fingerprint density at radius 1 is 1.23 bits per heavy atom. The lowest BCUT2D eigenvalue weighted by molar-refractivity contribution is 0.111. The second-order valence-electron chi connectivity index (χ2n) is 6.04. The van der Waals surface area contributed by atoms with E-state index in [2.05, 4.69) is 40.3 Å². The van der Waals surface area contributed by atoms with E-state index in [0.717, 1.165) is 44.7 Å². The fourth-order valence-corrected chi connectivity index (χ4v) is 3.12. The Balaban J connectivity index is 1.48. The summed E-state index contributed by atoms with van der Waals surface area (Å²) in [5.74, 6) is 0. The highest BCUT2D eigenvalue weighted by molar-refractivity contribution is 5.74. The van der Waals surface area contributed by atoms with Crippen LogP contribution < -0.4 is 5.32 Å². The molecule has 0 spiro atoms. The minimum absolute atomic E-state index is 0.0823. The maximum Gasteiger partial charge on any atom is 0.317 e. The molecule has 2 aliphatic rings. The molecule has 2 amide bonds. The van der Waals surface area contributed by atoms with Crippen molar-refractivity contribution in [2.45, 2.75) is 31.8 Å². The number of nitrogens with zero attached hydrogens (tertiary/aromatic N) is 3. The number of hydrogen-bond donors (Lipinski definition) is 1. The topological polar surface area (TPSA) is 48.5 Å². The molecule has 1 aliphatic carbocycles. The van der Waals surface area contributed by atoms with Crippen LogP contribution in [0.3, 0.4) is 0 Å². The lowest BCUT2D eigenvalue weighted by Crippen LogP contribution is -2.53. The van der Waals surface area contributed by atoms with Crippen LogP contribution in [0.2, 0.25) is 0 Å². The van der Waals surface area contributed by atoms with Gasteiger partial charge in [-0.3, -0.25) is 9.88 Å². The summed E-state index contributed by atoms with van der Waals surface area (Å²) in [6.07, 6.45) is 8.03. The Hall–Kier alpha value is -1.88. The van der Waals surface area contributed by atoms with Crippen molar-refractivity contribution in [2.24, 2.45) is 0 Å². The molecular weight excluding hydrogens is 276 g/mol. The van der Waals surface area contributed by atoms with E-state index in [1.165, 1.54) is 0 Å². The Bertz CT molecular complexity index is 515. The maximum atomic E-state index is 12.3. The van der Waals surface area contributed by atoms with Crippen molar-refractivity contribution in [3.63, 3.8) is 0 Å². The van der Waals surface area contributed by atoms with Gasteiger partial charge in [-0.05, 0) is 31.9 Å². The van der Waals surface area contributed by atoms with Crippen LogP contribution in [0.1, 0.15) is 31.5 Å². The van der Waals surface area contributed by atoms with Crippen molar-refractivity contribution >= 4 is 6.03 Å². The zero-order valence-electron chi connectivity index (χ0n) is 13.1. The van der Waals surface area contributed by atoms with Crippen molar-refractivity contribution in [1.29, 1.82) is 0 Å². The molecule has 0 aromatic carbocycles. The van der Waals surface area contributed by atoms with Gasteiger partial charge in [0, 0.05) is 44.5 Å². The van der Waals surface area contributed by atoms with E-state index in [0.29, 0.717) is 6.04 Å². The minimum atomic E-state index is 0.0823. The van der Waals surface area contributed by atoms with Gasteiger partial charge >= 0.3 is 6.03 Å². The second-order valence-corrected chi connectivity index (χ2v) is 6.04. The lowest BCUT2D eigenvalue weighted by atomic mass is 10.1. The standard InChI is InChI=1S/C17H24N4O/c1-14(16-8-4-5-9-18-16)20-10-12-21(13-11-20)17(22)19-15-6-2-3-7-15/h2-5,8-9,14-15H,6-7,10-13H2,1H3,(H,19,22)/t14-/m1/s1. The van der Waals surface area contributed by atoms with Crippen molar-refractivity contribution in [3.05, 3.63) is 42.2 Å². The molecule has 22 heavy (non-hydrogen) atoms.